The molecule has 85 heavy (non-hydrogen) atoms. The molecule has 4 amide bonds. The third-order valence-corrected chi connectivity index (χ3v) is 15.2. The summed E-state index contributed by atoms with van der Waals surface area (Å²) in [6.07, 6.45) is 1.36. The number of benzene rings is 7. The lowest BCUT2D eigenvalue weighted by Gasteiger charge is -2.37. The molecule has 18 heteroatoms. The number of pyridine rings is 1. The number of carbonyl (C=O) groups is 5. The van der Waals surface area contributed by atoms with Crippen LogP contribution in [0.1, 0.15) is 69.9 Å². The van der Waals surface area contributed by atoms with Crippen molar-refractivity contribution < 1.29 is 47.7 Å². The molecule has 2 atom stereocenters. The molecule has 8 aromatic rings. The second-order valence-corrected chi connectivity index (χ2v) is 20.6. The first kappa shape index (κ1) is 59.8. The molecule has 5 N–H and O–H groups in total. The summed E-state index contributed by atoms with van der Waals surface area (Å²) in [5.41, 5.74) is 4.34. The van der Waals surface area contributed by atoms with E-state index in [1.165, 1.54) is 11.1 Å². The van der Waals surface area contributed by atoms with Crippen LogP contribution in [0.25, 0.3) is 10.9 Å². The molecule has 1 saturated heterocycles. The van der Waals surface area contributed by atoms with Crippen LogP contribution in [0.5, 0.6) is 5.75 Å². The highest BCUT2D eigenvalue weighted by molar-refractivity contribution is 5.98. The summed E-state index contributed by atoms with van der Waals surface area (Å²) in [4.78, 5) is 83.5. The van der Waals surface area contributed by atoms with Crippen molar-refractivity contribution in [3.63, 3.8) is 0 Å². The smallest absolute Gasteiger partial charge is 0.410 e. The molecule has 1 aliphatic rings. The van der Waals surface area contributed by atoms with Crippen LogP contribution in [-0.2, 0) is 50.8 Å². The number of carboxylic acids is 1. The van der Waals surface area contributed by atoms with Gasteiger partial charge in [-0.1, -0.05) is 146 Å². The average molecular weight is 1150 g/mol. The van der Waals surface area contributed by atoms with Crippen LogP contribution < -0.4 is 36.3 Å². The molecule has 438 valence electrons. The molecule has 7 aromatic carbocycles. The molecular formula is C67H68FN7O10. The van der Waals surface area contributed by atoms with E-state index in [4.69, 9.17) is 14.2 Å². The SMILES string of the molecule is CCn1cc(C(=O)O)c(=O)c2cc(F)c(N3CCN(C(=O)OCc4ccc(NC(=O)[C@H](CCCCNC(c5ccccc5)(c5ccccc5)c5ccc(OC)cc5)NC(=O)[C@H](Cc5ccccc5)NC(=O)OCc5ccccc5)cc4)CC3)cc21. The molecular weight excluding hydrogens is 1080 g/mol. The minimum absolute atomic E-state index is 0.0106. The molecule has 1 fully saturated rings. The lowest BCUT2D eigenvalue weighted by Crippen LogP contribution is -2.53. The molecule has 0 saturated carbocycles. The average Bonchev–Trinajstić information content (AvgIpc) is 3.44. The maximum Gasteiger partial charge on any atom is 0.410 e. The van der Waals surface area contributed by atoms with Gasteiger partial charge in [0.25, 0.3) is 0 Å². The van der Waals surface area contributed by atoms with E-state index in [9.17, 15) is 33.9 Å². The summed E-state index contributed by atoms with van der Waals surface area (Å²) in [6, 6.07) is 54.1. The number of ether oxygens (including phenoxy) is 3. The number of hydrogen-bond donors (Lipinski definition) is 5. The number of fused-ring (bicyclic) bond motifs is 1. The molecule has 2 heterocycles. The van der Waals surface area contributed by atoms with E-state index in [1.807, 2.05) is 109 Å². The van der Waals surface area contributed by atoms with Crippen LogP contribution in [0, 0.1) is 5.82 Å². The van der Waals surface area contributed by atoms with E-state index in [1.54, 1.807) is 53.8 Å². The number of nitrogens with zero attached hydrogens (tertiary/aromatic N) is 3. The molecule has 0 aliphatic carbocycles. The zero-order chi connectivity index (χ0) is 59.7. The molecule has 17 nitrogen and oxygen atoms in total. The summed E-state index contributed by atoms with van der Waals surface area (Å²) in [5, 5.41) is 22.1. The summed E-state index contributed by atoms with van der Waals surface area (Å²) in [5.74, 6) is -2.40. The van der Waals surface area contributed by atoms with E-state index in [-0.39, 0.29) is 63.3 Å². The summed E-state index contributed by atoms with van der Waals surface area (Å²) < 4.78 is 33.9. The van der Waals surface area contributed by atoms with Crippen LogP contribution in [0.15, 0.2) is 193 Å². The fraction of sp³-hybridized carbons (Fsp3) is 0.254. The number of methoxy groups -OCH3 is 1. The largest absolute Gasteiger partial charge is 0.497 e. The predicted molar refractivity (Wildman–Crippen MR) is 323 cm³/mol. The Kier molecular flexibility index (Phi) is 20.0. The normalized spacial score (nSPS) is 13.1. The molecule has 1 aromatic heterocycles. The Bertz CT molecular complexity index is 3580. The molecule has 1 aliphatic heterocycles. The maximum atomic E-state index is 15.6. The van der Waals surface area contributed by atoms with Gasteiger partial charge in [-0.2, -0.15) is 0 Å². The Labute approximate surface area is 492 Å². The number of nitrogens with one attached hydrogen (secondary N) is 4. The van der Waals surface area contributed by atoms with Gasteiger partial charge in [-0.05, 0) is 103 Å². The topological polar surface area (TPSA) is 210 Å². The Hall–Kier alpha value is -9.81. The van der Waals surface area contributed by atoms with Crippen molar-refractivity contribution in [2.45, 2.75) is 70.0 Å². The van der Waals surface area contributed by atoms with Gasteiger partial charge in [0.05, 0.1) is 23.9 Å². The van der Waals surface area contributed by atoms with E-state index < -0.39 is 64.4 Å². The van der Waals surface area contributed by atoms with Crippen molar-refractivity contribution >= 4 is 52.2 Å². The number of carboxylic acid groups (broad SMARTS) is 1. The second kappa shape index (κ2) is 28.5. The highest BCUT2D eigenvalue weighted by Gasteiger charge is 2.36. The van der Waals surface area contributed by atoms with Gasteiger partial charge in [0, 0.05) is 56.4 Å². The number of piperazine rings is 1. The maximum absolute atomic E-state index is 15.6. The van der Waals surface area contributed by atoms with Gasteiger partial charge in [0.2, 0.25) is 17.2 Å². The summed E-state index contributed by atoms with van der Waals surface area (Å²) in [7, 11) is 1.64. The van der Waals surface area contributed by atoms with Gasteiger partial charge in [0.1, 0.15) is 42.4 Å². The monoisotopic (exact) mass is 1150 g/mol. The van der Waals surface area contributed by atoms with Gasteiger partial charge in [-0.15, -0.1) is 0 Å². The van der Waals surface area contributed by atoms with Crippen LogP contribution in [0.4, 0.5) is 25.4 Å². The highest BCUT2D eigenvalue weighted by Crippen LogP contribution is 2.38. The number of unbranched alkanes of at least 4 members (excludes halogenated alkanes) is 1. The van der Waals surface area contributed by atoms with Crippen molar-refractivity contribution in [3.05, 3.63) is 243 Å². The lowest BCUT2D eigenvalue weighted by atomic mass is 9.77. The molecule has 0 unspecified atom stereocenters. The summed E-state index contributed by atoms with van der Waals surface area (Å²) in [6.45, 7) is 3.56. The Morgan fingerprint density at radius 2 is 1.22 bits per heavy atom. The zero-order valence-electron chi connectivity index (χ0n) is 47.4. The fourth-order valence-corrected chi connectivity index (χ4v) is 10.6. The van der Waals surface area contributed by atoms with E-state index in [0.29, 0.717) is 42.7 Å². The third-order valence-electron chi connectivity index (χ3n) is 15.2. The number of carbonyl (C=O) groups excluding carboxylic acids is 4. The number of rotatable bonds is 24. The quantitative estimate of drug-likeness (QED) is 0.0283. The van der Waals surface area contributed by atoms with Crippen molar-refractivity contribution in [2.24, 2.45) is 0 Å². The molecule has 9 rings (SSSR count). The van der Waals surface area contributed by atoms with Gasteiger partial charge in [-0.3, -0.25) is 19.7 Å². The molecule has 0 radical (unpaired) electrons. The van der Waals surface area contributed by atoms with Crippen LogP contribution in [0.2, 0.25) is 0 Å². The number of halogens is 1. The number of aromatic carboxylic acids is 1. The van der Waals surface area contributed by atoms with Crippen LogP contribution in [-0.4, -0.2) is 96.5 Å². The Balaban J connectivity index is 0.864. The van der Waals surface area contributed by atoms with E-state index in [0.717, 1.165) is 39.6 Å². The minimum Gasteiger partial charge on any atom is -0.497 e. The van der Waals surface area contributed by atoms with Crippen molar-refractivity contribution in [3.8, 4) is 5.75 Å². The van der Waals surface area contributed by atoms with E-state index in [2.05, 4.69) is 57.7 Å². The first-order chi connectivity index (χ1) is 41.3. The predicted octanol–water partition coefficient (Wildman–Crippen LogP) is 10.0. The number of amides is 4. The highest BCUT2D eigenvalue weighted by atomic mass is 19.1. The number of anilines is 2. The van der Waals surface area contributed by atoms with Crippen molar-refractivity contribution in [2.75, 3.05) is 50.1 Å². The molecule has 0 bridgehead atoms. The number of aromatic nitrogens is 1. The van der Waals surface area contributed by atoms with Crippen molar-refractivity contribution in [1.29, 1.82) is 0 Å². The van der Waals surface area contributed by atoms with Crippen LogP contribution >= 0.6 is 0 Å². The van der Waals surface area contributed by atoms with Gasteiger partial charge in [-0.25, -0.2) is 18.8 Å². The standard InChI is InChI=1S/C67H68FN7O10/c1-3-73-43-55(64(79)80)61(76)54-41-56(68)60(42-59(54)73)74-36-38-75(39-37-74)66(82)85-45-48-27-31-52(32-28-48)70-62(77)57(71-63(78)58(40-46-18-8-4-9-19-46)72-65(81)84-44-47-20-10-5-11-21-47)26-16-17-35-69-67(49-22-12-6-13-23-49,50-24-14-7-15-25-50)51-29-33-53(83-2)34-30-51/h4-15,18-25,27-34,41-43,57-58,69H,3,16-17,26,35-40,44-45H2,1-2H3,(H,70,77)(H,71,78)(H,72,81)(H,79,80)/t57-,58-/m0/s1. The van der Waals surface area contributed by atoms with E-state index >= 15 is 4.39 Å². The van der Waals surface area contributed by atoms with Gasteiger partial charge in [0.15, 0.2) is 0 Å². The number of hydrogen-bond acceptors (Lipinski definition) is 11. The number of alkyl carbamates (subject to hydrolysis) is 1. The van der Waals surface area contributed by atoms with Gasteiger partial charge >= 0.3 is 18.2 Å². The lowest BCUT2D eigenvalue weighted by molar-refractivity contribution is -0.128. The van der Waals surface area contributed by atoms with Gasteiger partial charge < -0.3 is 49.6 Å². The first-order valence-corrected chi connectivity index (χ1v) is 28.3. The first-order valence-electron chi connectivity index (χ1n) is 28.3. The third kappa shape index (κ3) is 14.9. The Morgan fingerprint density at radius 3 is 1.82 bits per heavy atom. The summed E-state index contributed by atoms with van der Waals surface area (Å²) >= 11 is 0. The minimum atomic E-state index is -1.39. The van der Waals surface area contributed by atoms with Crippen molar-refractivity contribution in [1.82, 2.24) is 25.4 Å². The Morgan fingerprint density at radius 1 is 0.647 bits per heavy atom. The van der Waals surface area contributed by atoms with Crippen LogP contribution in [0.3, 0.4) is 0 Å². The molecule has 0 spiro atoms. The number of aryl methyl sites for hydroxylation is 1. The zero-order valence-corrected chi connectivity index (χ0v) is 47.4. The second-order valence-electron chi connectivity index (χ2n) is 20.6. The fourth-order valence-electron chi connectivity index (χ4n) is 10.6.